The number of fused-ring (bicyclic) bond motifs is 3. The summed E-state index contributed by atoms with van der Waals surface area (Å²) in [5.74, 6) is 0. The highest BCUT2D eigenvalue weighted by Gasteiger charge is 2.40. The SMILES string of the molecule is c1cn2c(n1)S[C@@H]1CCC12. The molecule has 0 saturated heterocycles. The van der Waals surface area contributed by atoms with Crippen molar-refractivity contribution in [2.75, 3.05) is 0 Å². The first-order chi connectivity index (χ1) is 4.95. The van der Waals surface area contributed by atoms with Gasteiger partial charge >= 0.3 is 0 Å². The van der Waals surface area contributed by atoms with Crippen LogP contribution in [-0.2, 0) is 0 Å². The number of thioether (sulfide) groups is 1. The summed E-state index contributed by atoms with van der Waals surface area (Å²) in [5.41, 5.74) is 0. The summed E-state index contributed by atoms with van der Waals surface area (Å²) in [6.07, 6.45) is 6.75. The van der Waals surface area contributed by atoms with Crippen molar-refractivity contribution >= 4 is 11.8 Å². The Kier molecular flexibility index (Phi) is 0.832. The third kappa shape index (κ3) is 0.461. The molecule has 0 bridgehead atoms. The third-order valence-corrected chi connectivity index (χ3v) is 3.80. The Morgan fingerprint density at radius 3 is 3.40 bits per heavy atom. The standard InChI is InChI=1S/C7H8N2S/c1-2-6-5(1)9-4-3-8-7(9)10-6/h3-6H,1-2H2/t5?,6-/m1/s1. The van der Waals surface area contributed by atoms with Crippen LogP contribution in [0, 0.1) is 0 Å². The van der Waals surface area contributed by atoms with Crippen molar-refractivity contribution in [1.29, 1.82) is 0 Å². The molecule has 1 fully saturated rings. The number of imidazole rings is 1. The van der Waals surface area contributed by atoms with Gasteiger partial charge in [0.25, 0.3) is 0 Å². The first-order valence-electron chi connectivity index (χ1n) is 3.64. The van der Waals surface area contributed by atoms with Crippen molar-refractivity contribution in [1.82, 2.24) is 9.55 Å². The van der Waals surface area contributed by atoms with E-state index in [1.807, 2.05) is 18.0 Å². The summed E-state index contributed by atoms with van der Waals surface area (Å²) < 4.78 is 2.32. The quantitative estimate of drug-likeness (QED) is 0.563. The average Bonchev–Trinajstić information content (AvgIpc) is 2.35. The van der Waals surface area contributed by atoms with Crippen LogP contribution >= 0.6 is 11.8 Å². The molecule has 1 aliphatic heterocycles. The topological polar surface area (TPSA) is 17.8 Å². The molecule has 1 unspecified atom stereocenters. The molecule has 1 aliphatic carbocycles. The molecule has 10 heavy (non-hydrogen) atoms. The molecular weight excluding hydrogens is 144 g/mol. The molecule has 2 aliphatic rings. The van der Waals surface area contributed by atoms with E-state index in [1.165, 1.54) is 18.0 Å². The van der Waals surface area contributed by atoms with E-state index in [2.05, 4.69) is 15.7 Å². The van der Waals surface area contributed by atoms with Gasteiger partial charge in [-0.25, -0.2) is 4.98 Å². The maximum Gasteiger partial charge on any atom is 0.168 e. The van der Waals surface area contributed by atoms with Crippen LogP contribution in [0.2, 0.25) is 0 Å². The minimum Gasteiger partial charge on any atom is -0.322 e. The first kappa shape index (κ1) is 5.24. The number of hydrogen-bond acceptors (Lipinski definition) is 2. The highest BCUT2D eigenvalue weighted by atomic mass is 32.2. The van der Waals surface area contributed by atoms with Gasteiger partial charge in [-0.15, -0.1) is 0 Å². The maximum absolute atomic E-state index is 4.26. The lowest BCUT2D eigenvalue weighted by Gasteiger charge is -2.29. The number of aromatic nitrogens is 2. The minimum absolute atomic E-state index is 0.794. The van der Waals surface area contributed by atoms with Gasteiger partial charge in [-0.05, 0) is 12.8 Å². The highest BCUT2D eigenvalue weighted by molar-refractivity contribution is 8.00. The van der Waals surface area contributed by atoms with Crippen LogP contribution in [0.4, 0.5) is 0 Å². The Bertz CT molecular complexity index is 268. The predicted molar refractivity (Wildman–Crippen MR) is 40.1 cm³/mol. The smallest absolute Gasteiger partial charge is 0.168 e. The molecule has 0 amide bonds. The monoisotopic (exact) mass is 152 g/mol. The van der Waals surface area contributed by atoms with Crippen molar-refractivity contribution in [2.45, 2.75) is 29.3 Å². The molecule has 2 heterocycles. The Morgan fingerprint density at radius 1 is 1.60 bits per heavy atom. The molecule has 52 valence electrons. The second kappa shape index (κ2) is 1.59. The Balaban J connectivity index is 2.13. The van der Waals surface area contributed by atoms with Gasteiger partial charge in [0.1, 0.15) is 0 Å². The van der Waals surface area contributed by atoms with Gasteiger partial charge in [-0.2, -0.15) is 0 Å². The molecule has 2 nitrogen and oxygen atoms in total. The number of nitrogens with zero attached hydrogens (tertiary/aromatic N) is 2. The van der Waals surface area contributed by atoms with Gasteiger partial charge < -0.3 is 4.57 Å². The van der Waals surface area contributed by atoms with E-state index >= 15 is 0 Å². The third-order valence-electron chi connectivity index (χ3n) is 2.42. The van der Waals surface area contributed by atoms with Crippen LogP contribution in [0.15, 0.2) is 17.6 Å². The zero-order chi connectivity index (χ0) is 6.55. The van der Waals surface area contributed by atoms with Gasteiger partial charge in [0.2, 0.25) is 0 Å². The Morgan fingerprint density at radius 2 is 2.60 bits per heavy atom. The van der Waals surface area contributed by atoms with Crippen molar-refractivity contribution in [3.63, 3.8) is 0 Å². The van der Waals surface area contributed by atoms with Crippen LogP contribution in [0.3, 0.4) is 0 Å². The van der Waals surface area contributed by atoms with Crippen LogP contribution < -0.4 is 0 Å². The molecule has 0 radical (unpaired) electrons. The molecule has 0 spiro atoms. The number of hydrogen-bond donors (Lipinski definition) is 0. The van der Waals surface area contributed by atoms with Crippen LogP contribution in [-0.4, -0.2) is 14.8 Å². The fraction of sp³-hybridized carbons (Fsp3) is 0.571. The zero-order valence-electron chi connectivity index (χ0n) is 5.53. The van der Waals surface area contributed by atoms with E-state index in [0.29, 0.717) is 0 Å². The molecule has 1 aromatic rings. The van der Waals surface area contributed by atoms with Crippen molar-refractivity contribution in [2.24, 2.45) is 0 Å². The molecule has 1 saturated carbocycles. The molecule has 3 rings (SSSR count). The zero-order valence-corrected chi connectivity index (χ0v) is 6.34. The second-order valence-electron chi connectivity index (χ2n) is 2.92. The number of rotatable bonds is 0. The Hall–Kier alpha value is -0.440. The maximum atomic E-state index is 4.26. The van der Waals surface area contributed by atoms with Crippen molar-refractivity contribution < 1.29 is 0 Å². The lowest BCUT2D eigenvalue weighted by Crippen LogP contribution is -2.25. The van der Waals surface area contributed by atoms with Gasteiger partial charge in [-0.1, -0.05) is 11.8 Å². The molecular formula is C7H8N2S. The van der Waals surface area contributed by atoms with E-state index in [9.17, 15) is 0 Å². The molecule has 2 atom stereocenters. The summed E-state index contributed by atoms with van der Waals surface area (Å²) >= 11 is 1.94. The highest BCUT2D eigenvalue weighted by Crippen LogP contribution is 2.50. The molecule has 0 N–H and O–H groups in total. The average molecular weight is 152 g/mol. The van der Waals surface area contributed by atoms with Gasteiger partial charge in [-0.3, -0.25) is 0 Å². The summed E-state index contributed by atoms with van der Waals surface area (Å²) in [5, 5.41) is 2.09. The normalized spacial score (nSPS) is 34.8. The second-order valence-corrected chi connectivity index (χ2v) is 4.12. The van der Waals surface area contributed by atoms with Gasteiger partial charge in [0, 0.05) is 23.7 Å². The van der Waals surface area contributed by atoms with Crippen molar-refractivity contribution in [3.8, 4) is 0 Å². The fourth-order valence-corrected chi connectivity index (χ4v) is 3.07. The minimum atomic E-state index is 0.794. The van der Waals surface area contributed by atoms with E-state index in [-0.39, 0.29) is 0 Å². The summed E-state index contributed by atoms with van der Waals surface area (Å²) in [6.45, 7) is 0. The predicted octanol–water partition coefficient (Wildman–Crippen LogP) is 1.69. The fourth-order valence-electron chi connectivity index (χ4n) is 1.69. The van der Waals surface area contributed by atoms with Gasteiger partial charge in [0.15, 0.2) is 5.16 Å². The summed E-state index contributed by atoms with van der Waals surface area (Å²) in [7, 11) is 0. The van der Waals surface area contributed by atoms with E-state index in [4.69, 9.17) is 0 Å². The van der Waals surface area contributed by atoms with Crippen LogP contribution in [0.1, 0.15) is 18.9 Å². The van der Waals surface area contributed by atoms with Gasteiger partial charge in [0.05, 0.1) is 0 Å². The lowest BCUT2D eigenvalue weighted by atomic mass is 9.92. The molecule has 0 aromatic carbocycles. The largest absolute Gasteiger partial charge is 0.322 e. The summed E-state index contributed by atoms with van der Waals surface area (Å²) in [4.78, 5) is 4.26. The Labute approximate surface area is 63.6 Å². The molecule has 3 heteroatoms. The van der Waals surface area contributed by atoms with Crippen LogP contribution in [0.5, 0.6) is 0 Å². The van der Waals surface area contributed by atoms with E-state index in [1.54, 1.807) is 0 Å². The van der Waals surface area contributed by atoms with E-state index in [0.717, 1.165) is 11.3 Å². The molecule has 1 aromatic heterocycles. The summed E-state index contributed by atoms with van der Waals surface area (Å²) in [6, 6.07) is 0.794. The van der Waals surface area contributed by atoms with E-state index < -0.39 is 0 Å². The van der Waals surface area contributed by atoms with Crippen LogP contribution in [0.25, 0.3) is 0 Å². The van der Waals surface area contributed by atoms with Crippen molar-refractivity contribution in [3.05, 3.63) is 12.4 Å². The first-order valence-corrected chi connectivity index (χ1v) is 4.52. The lowest BCUT2D eigenvalue weighted by molar-refractivity contribution is 0.330.